The summed E-state index contributed by atoms with van der Waals surface area (Å²) >= 11 is 3.32. The van der Waals surface area contributed by atoms with Gasteiger partial charge in [0.2, 0.25) is 0 Å². The molecule has 22 heavy (non-hydrogen) atoms. The minimum absolute atomic E-state index is 0.0304. The molecule has 0 saturated carbocycles. The third kappa shape index (κ3) is 4.69. The van der Waals surface area contributed by atoms with E-state index < -0.39 is 0 Å². The van der Waals surface area contributed by atoms with E-state index in [0.29, 0.717) is 35.5 Å². The number of carbonyl (C=O) groups is 1. The molecule has 1 fully saturated rings. The first-order valence-electron chi connectivity index (χ1n) is 6.78. The van der Waals surface area contributed by atoms with E-state index in [2.05, 4.69) is 26.5 Å². The van der Waals surface area contributed by atoms with Gasteiger partial charge in [0.1, 0.15) is 0 Å². The summed E-state index contributed by atoms with van der Waals surface area (Å²) in [6.07, 6.45) is 1.49. The number of hydrazone groups is 1. The van der Waals surface area contributed by atoms with Gasteiger partial charge in [-0.15, -0.1) is 0 Å². The average molecular weight is 372 g/mol. The number of nitrogens with zero attached hydrogens (tertiary/aromatic N) is 2. The number of phenolic OH excluding ortho intramolecular Hbond substituents is 1. The van der Waals surface area contributed by atoms with Crippen LogP contribution in [0, 0.1) is 0 Å². The highest BCUT2D eigenvalue weighted by atomic mass is 79.9. The molecule has 1 aromatic rings. The maximum absolute atomic E-state index is 11.8. The molecular formula is C14H18BrN3O4. The van der Waals surface area contributed by atoms with Crippen LogP contribution >= 0.6 is 15.9 Å². The van der Waals surface area contributed by atoms with Crippen LogP contribution in [0.5, 0.6) is 11.5 Å². The van der Waals surface area contributed by atoms with Crippen molar-refractivity contribution in [1.29, 1.82) is 0 Å². The van der Waals surface area contributed by atoms with E-state index in [-0.39, 0.29) is 11.7 Å². The van der Waals surface area contributed by atoms with Gasteiger partial charge in [0.05, 0.1) is 33.1 Å². The summed E-state index contributed by atoms with van der Waals surface area (Å²) in [5.41, 5.74) is 3.16. The van der Waals surface area contributed by atoms with Crippen LogP contribution in [0.15, 0.2) is 21.7 Å². The predicted octanol–water partition coefficient (Wildman–Crippen LogP) is 0.946. The number of hydrogen-bond donors (Lipinski definition) is 2. The van der Waals surface area contributed by atoms with Crippen molar-refractivity contribution in [3.8, 4) is 11.5 Å². The van der Waals surface area contributed by atoms with Gasteiger partial charge < -0.3 is 14.6 Å². The number of amides is 1. The molecule has 0 aromatic heterocycles. The average Bonchev–Trinajstić information content (AvgIpc) is 2.50. The van der Waals surface area contributed by atoms with Crippen molar-refractivity contribution in [2.24, 2.45) is 5.10 Å². The molecule has 0 aliphatic carbocycles. The number of phenols is 1. The lowest BCUT2D eigenvalue weighted by Gasteiger charge is -2.25. The fourth-order valence-corrected chi connectivity index (χ4v) is 2.43. The number of nitrogens with one attached hydrogen (secondary N) is 1. The number of rotatable bonds is 5. The molecule has 0 atom stereocenters. The second-order valence-electron chi connectivity index (χ2n) is 4.73. The van der Waals surface area contributed by atoms with Crippen LogP contribution in [-0.2, 0) is 9.53 Å². The lowest BCUT2D eigenvalue weighted by Crippen LogP contribution is -2.42. The lowest BCUT2D eigenvalue weighted by molar-refractivity contribution is -0.123. The number of hydrogen-bond acceptors (Lipinski definition) is 6. The lowest BCUT2D eigenvalue weighted by atomic mass is 10.2. The van der Waals surface area contributed by atoms with Crippen LogP contribution in [0.3, 0.4) is 0 Å². The van der Waals surface area contributed by atoms with Crippen LogP contribution in [0.1, 0.15) is 5.56 Å². The Morgan fingerprint density at radius 3 is 2.95 bits per heavy atom. The standard InChI is InChI=1S/C14H18BrN3O4/c1-21-13-6-10(11(15)7-12(13)19)8-16-17-14(20)9-18-2-4-22-5-3-18/h6-8,19H,2-5,9H2,1H3,(H,17,20). The molecule has 8 heteroatoms. The number of benzene rings is 1. The molecule has 1 aromatic carbocycles. The van der Waals surface area contributed by atoms with E-state index in [1.807, 2.05) is 4.90 Å². The Hall–Kier alpha value is -1.64. The van der Waals surface area contributed by atoms with Gasteiger partial charge >= 0.3 is 0 Å². The maximum Gasteiger partial charge on any atom is 0.254 e. The fraction of sp³-hybridized carbons (Fsp3) is 0.429. The highest BCUT2D eigenvalue weighted by Gasteiger charge is 2.13. The second kappa shape index (κ2) is 8.11. The first kappa shape index (κ1) is 16.7. The Bertz CT molecular complexity index is 559. The predicted molar refractivity (Wildman–Crippen MR) is 85.4 cm³/mol. The normalized spacial score (nSPS) is 15.9. The van der Waals surface area contributed by atoms with Gasteiger partial charge in [-0.05, 0) is 28.1 Å². The molecule has 0 spiro atoms. The van der Waals surface area contributed by atoms with E-state index in [0.717, 1.165) is 13.1 Å². The van der Waals surface area contributed by atoms with Gasteiger partial charge in [0.15, 0.2) is 11.5 Å². The number of halogens is 1. The zero-order valence-corrected chi connectivity index (χ0v) is 13.8. The van der Waals surface area contributed by atoms with E-state index in [1.54, 1.807) is 6.07 Å². The van der Waals surface area contributed by atoms with Gasteiger partial charge in [0.25, 0.3) is 5.91 Å². The Labute approximate surface area is 137 Å². The molecule has 120 valence electrons. The van der Waals surface area contributed by atoms with Crippen molar-refractivity contribution in [2.45, 2.75) is 0 Å². The summed E-state index contributed by atoms with van der Waals surface area (Å²) < 4.78 is 10.9. The smallest absolute Gasteiger partial charge is 0.254 e. The molecule has 0 unspecified atom stereocenters. The zero-order chi connectivity index (χ0) is 15.9. The van der Waals surface area contributed by atoms with Gasteiger partial charge in [-0.25, -0.2) is 5.43 Å². The van der Waals surface area contributed by atoms with Crippen LogP contribution < -0.4 is 10.2 Å². The van der Waals surface area contributed by atoms with E-state index >= 15 is 0 Å². The van der Waals surface area contributed by atoms with Crippen LogP contribution in [-0.4, -0.2) is 62.1 Å². The number of morpholine rings is 1. The van der Waals surface area contributed by atoms with Crippen LogP contribution in [0.25, 0.3) is 0 Å². The van der Waals surface area contributed by atoms with Gasteiger partial charge in [-0.1, -0.05) is 0 Å². The first-order chi connectivity index (χ1) is 10.6. The summed E-state index contributed by atoms with van der Waals surface area (Å²) in [6.45, 7) is 3.09. The highest BCUT2D eigenvalue weighted by molar-refractivity contribution is 9.10. The molecule has 0 radical (unpaired) electrons. The summed E-state index contributed by atoms with van der Waals surface area (Å²) in [6, 6.07) is 3.13. The largest absolute Gasteiger partial charge is 0.504 e. The van der Waals surface area contributed by atoms with Crippen LogP contribution in [0.2, 0.25) is 0 Å². The summed E-state index contributed by atoms with van der Waals surface area (Å²) in [5.74, 6) is 0.187. The zero-order valence-electron chi connectivity index (χ0n) is 12.2. The Kier molecular flexibility index (Phi) is 6.17. The molecule has 1 amide bonds. The Morgan fingerprint density at radius 2 is 2.27 bits per heavy atom. The third-order valence-corrected chi connectivity index (χ3v) is 3.85. The highest BCUT2D eigenvalue weighted by Crippen LogP contribution is 2.31. The van der Waals surface area contributed by atoms with E-state index in [9.17, 15) is 9.90 Å². The van der Waals surface area contributed by atoms with Crippen molar-refractivity contribution in [3.63, 3.8) is 0 Å². The molecular weight excluding hydrogens is 354 g/mol. The molecule has 0 bridgehead atoms. The van der Waals surface area contributed by atoms with E-state index in [4.69, 9.17) is 9.47 Å². The third-order valence-electron chi connectivity index (χ3n) is 3.16. The molecule has 7 nitrogen and oxygen atoms in total. The number of carbonyl (C=O) groups excluding carboxylic acids is 1. The van der Waals surface area contributed by atoms with Crippen molar-refractivity contribution >= 4 is 28.1 Å². The maximum atomic E-state index is 11.8. The van der Waals surface area contributed by atoms with Crippen molar-refractivity contribution in [2.75, 3.05) is 40.0 Å². The summed E-state index contributed by atoms with van der Waals surface area (Å²) in [7, 11) is 1.47. The quantitative estimate of drug-likeness (QED) is 0.594. The second-order valence-corrected chi connectivity index (χ2v) is 5.58. The summed E-state index contributed by atoms with van der Waals surface area (Å²) in [5, 5.41) is 13.6. The molecule has 1 aliphatic heterocycles. The monoisotopic (exact) mass is 371 g/mol. The number of methoxy groups -OCH3 is 1. The van der Waals surface area contributed by atoms with Gasteiger partial charge in [-0.2, -0.15) is 5.10 Å². The van der Waals surface area contributed by atoms with Crippen LogP contribution in [0.4, 0.5) is 0 Å². The van der Waals surface area contributed by atoms with Gasteiger partial charge in [-0.3, -0.25) is 9.69 Å². The van der Waals surface area contributed by atoms with Crippen molar-refractivity contribution < 1.29 is 19.4 Å². The van der Waals surface area contributed by atoms with Crippen molar-refractivity contribution in [3.05, 3.63) is 22.2 Å². The molecule has 1 aliphatic rings. The van der Waals surface area contributed by atoms with Gasteiger partial charge in [0, 0.05) is 23.1 Å². The Balaban J connectivity index is 1.90. The first-order valence-corrected chi connectivity index (χ1v) is 7.58. The minimum atomic E-state index is -0.181. The molecule has 2 N–H and O–H groups in total. The topological polar surface area (TPSA) is 83.4 Å². The fourth-order valence-electron chi connectivity index (χ4n) is 1.99. The number of ether oxygens (including phenoxy) is 2. The van der Waals surface area contributed by atoms with Crippen molar-refractivity contribution in [1.82, 2.24) is 10.3 Å². The summed E-state index contributed by atoms with van der Waals surface area (Å²) in [4.78, 5) is 13.8. The Morgan fingerprint density at radius 1 is 1.55 bits per heavy atom. The SMILES string of the molecule is COc1cc(C=NNC(=O)CN2CCOCC2)c(Br)cc1O. The minimum Gasteiger partial charge on any atom is -0.504 e. The molecule has 1 heterocycles. The molecule has 2 rings (SSSR count). The number of aromatic hydroxyl groups is 1. The van der Waals surface area contributed by atoms with E-state index in [1.165, 1.54) is 19.4 Å². The molecule has 1 saturated heterocycles.